The van der Waals surface area contributed by atoms with Crippen molar-refractivity contribution in [2.24, 2.45) is 0 Å². The number of hydrogen-bond acceptors (Lipinski definition) is 7. The number of benzene rings is 1. The Morgan fingerprint density at radius 3 is 2.27 bits per heavy atom. The first-order valence-electron chi connectivity index (χ1n) is 9.25. The lowest BCUT2D eigenvalue weighted by Gasteiger charge is -2.29. The summed E-state index contributed by atoms with van der Waals surface area (Å²) < 4.78 is 32.0. The Morgan fingerprint density at radius 1 is 1.00 bits per heavy atom. The van der Waals surface area contributed by atoms with Crippen LogP contribution in [0.15, 0.2) is 34.8 Å². The highest BCUT2D eigenvalue weighted by molar-refractivity contribution is 5.89. The van der Waals surface area contributed by atoms with Gasteiger partial charge in [0.2, 0.25) is 5.89 Å². The number of halogens is 2. The summed E-state index contributed by atoms with van der Waals surface area (Å²) in [5.74, 6) is -4.10. The Bertz CT molecular complexity index is 925. The number of nitrogens with zero attached hydrogens (tertiary/aromatic N) is 4. The maximum Gasteiger partial charge on any atom is 0.328 e. The third-order valence-electron chi connectivity index (χ3n) is 4.85. The van der Waals surface area contributed by atoms with Crippen LogP contribution in [0.2, 0.25) is 0 Å². The second-order valence-corrected chi connectivity index (χ2v) is 6.79. The van der Waals surface area contributed by atoms with E-state index in [1.807, 2.05) is 0 Å². The van der Waals surface area contributed by atoms with Gasteiger partial charge in [0.1, 0.15) is 0 Å². The van der Waals surface area contributed by atoms with Crippen molar-refractivity contribution in [3.63, 3.8) is 0 Å². The van der Waals surface area contributed by atoms with Crippen molar-refractivity contribution >= 4 is 18.0 Å². The second-order valence-electron chi connectivity index (χ2n) is 6.79. The van der Waals surface area contributed by atoms with E-state index in [-0.39, 0.29) is 5.89 Å². The maximum atomic E-state index is 13.3. The van der Waals surface area contributed by atoms with Gasteiger partial charge in [-0.15, -0.1) is 5.10 Å². The molecule has 2 N–H and O–H groups in total. The standard InChI is InChI=1S/C15H16F2N4O.C4H4O4/c16-12-2-1-10(9-13(12)17)14-18-19-15(22-14)21-8-7-20-5-3-11(21)4-6-20;5-3(6)1-2-4(7)8/h1-2,9,11H,3-8H2;1-2H,(H,5,6)(H,7,8)/b;2-1+. The number of rotatable bonds is 4. The predicted octanol–water partition coefficient (Wildman–Crippen LogP) is 2.01. The summed E-state index contributed by atoms with van der Waals surface area (Å²) in [7, 11) is 0. The van der Waals surface area contributed by atoms with Crippen molar-refractivity contribution in [2.45, 2.75) is 18.9 Å². The molecule has 3 saturated heterocycles. The van der Waals surface area contributed by atoms with Crippen molar-refractivity contribution in [1.82, 2.24) is 15.1 Å². The van der Waals surface area contributed by atoms with Crippen LogP contribution < -0.4 is 4.90 Å². The molecule has 9 nitrogen and oxygen atoms in total. The molecule has 11 heteroatoms. The molecule has 1 aromatic heterocycles. The molecular weight excluding hydrogens is 402 g/mol. The monoisotopic (exact) mass is 422 g/mol. The van der Waals surface area contributed by atoms with E-state index in [1.54, 1.807) is 0 Å². The Balaban J connectivity index is 0.000000275. The molecule has 0 amide bonds. The number of aromatic nitrogens is 2. The Morgan fingerprint density at radius 2 is 1.67 bits per heavy atom. The van der Waals surface area contributed by atoms with Crippen LogP contribution >= 0.6 is 0 Å². The summed E-state index contributed by atoms with van der Waals surface area (Å²) in [6, 6.07) is 4.46. The smallest absolute Gasteiger partial charge is 0.328 e. The molecule has 4 heterocycles. The lowest BCUT2D eigenvalue weighted by atomic mass is 10.1. The number of piperidine rings is 1. The molecule has 5 rings (SSSR count). The van der Waals surface area contributed by atoms with Crippen LogP contribution in [0.4, 0.5) is 14.8 Å². The topological polar surface area (TPSA) is 120 Å². The van der Waals surface area contributed by atoms with E-state index >= 15 is 0 Å². The maximum absolute atomic E-state index is 13.3. The van der Waals surface area contributed by atoms with E-state index in [9.17, 15) is 18.4 Å². The first-order valence-corrected chi connectivity index (χ1v) is 9.25. The summed E-state index contributed by atoms with van der Waals surface area (Å²) in [4.78, 5) is 23.7. The number of anilines is 1. The number of carboxylic acids is 2. The summed E-state index contributed by atoms with van der Waals surface area (Å²) >= 11 is 0. The van der Waals surface area contributed by atoms with Gasteiger partial charge in [0.15, 0.2) is 11.6 Å². The highest BCUT2D eigenvalue weighted by Gasteiger charge is 2.31. The zero-order valence-corrected chi connectivity index (χ0v) is 15.9. The molecule has 30 heavy (non-hydrogen) atoms. The second kappa shape index (κ2) is 9.44. The first kappa shape index (κ1) is 21.4. The van der Waals surface area contributed by atoms with Crippen molar-refractivity contribution in [1.29, 1.82) is 0 Å². The van der Waals surface area contributed by atoms with Gasteiger partial charge in [-0.3, -0.25) is 0 Å². The molecule has 3 fully saturated rings. The minimum absolute atomic E-state index is 0.216. The molecule has 0 atom stereocenters. The van der Waals surface area contributed by atoms with Crippen LogP contribution in [0.5, 0.6) is 0 Å². The van der Waals surface area contributed by atoms with E-state index in [1.165, 1.54) is 6.07 Å². The molecule has 0 spiro atoms. The molecule has 160 valence electrons. The lowest BCUT2D eigenvalue weighted by molar-refractivity contribution is -0.134. The molecule has 0 unspecified atom stereocenters. The average Bonchev–Trinajstić information content (AvgIpc) is 3.01. The fourth-order valence-corrected chi connectivity index (χ4v) is 3.36. The van der Waals surface area contributed by atoms with Gasteiger partial charge in [-0.1, -0.05) is 5.10 Å². The minimum atomic E-state index is -1.26. The average molecular weight is 422 g/mol. The van der Waals surface area contributed by atoms with Gasteiger partial charge in [0.05, 0.1) is 0 Å². The molecule has 1 aromatic carbocycles. The minimum Gasteiger partial charge on any atom is -0.478 e. The van der Waals surface area contributed by atoms with Crippen molar-refractivity contribution in [2.75, 3.05) is 31.1 Å². The quantitative estimate of drug-likeness (QED) is 0.713. The van der Waals surface area contributed by atoms with Crippen LogP contribution in [0.25, 0.3) is 11.5 Å². The van der Waals surface area contributed by atoms with Crippen molar-refractivity contribution in [3.8, 4) is 11.5 Å². The van der Waals surface area contributed by atoms with Crippen molar-refractivity contribution < 1.29 is 33.0 Å². The summed E-state index contributed by atoms with van der Waals surface area (Å²) in [6.07, 6.45) is 3.29. The molecular formula is C19H20F2N4O5. The van der Waals surface area contributed by atoms with Crippen LogP contribution in [-0.2, 0) is 9.59 Å². The van der Waals surface area contributed by atoms with Gasteiger partial charge in [-0.25, -0.2) is 18.4 Å². The SMILES string of the molecule is Fc1ccc(-c2nnc(N3CCN4CCC3CC4)o2)cc1F.O=C(O)/C=C/C(=O)O. The largest absolute Gasteiger partial charge is 0.478 e. The normalized spacial score (nSPS) is 20.5. The van der Waals surface area contributed by atoms with Crippen LogP contribution in [0.1, 0.15) is 12.8 Å². The molecule has 0 aliphatic carbocycles. The third kappa shape index (κ3) is 5.38. The number of carboxylic acid groups (broad SMARTS) is 2. The molecule has 2 aromatic rings. The summed E-state index contributed by atoms with van der Waals surface area (Å²) in [6.45, 7) is 4.04. The fourth-order valence-electron chi connectivity index (χ4n) is 3.36. The highest BCUT2D eigenvalue weighted by Crippen LogP contribution is 2.28. The van der Waals surface area contributed by atoms with Gasteiger partial charge in [-0.05, 0) is 31.0 Å². The van der Waals surface area contributed by atoms with Gasteiger partial charge >= 0.3 is 18.0 Å². The van der Waals surface area contributed by atoms with Crippen LogP contribution in [0.3, 0.4) is 0 Å². The Kier molecular flexibility index (Phi) is 6.72. The molecule has 0 saturated carbocycles. The first-order chi connectivity index (χ1) is 14.3. The number of aliphatic carboxylic acids is 2. The molecule has 2 bridgehead atoms. The van der Waals surface area contributed by atoms with Crippen LogP contribution in [-0.4, -0.2) is 69.5 Å². The van der Waals surface area contributed by atoms with Crippen molar-refractivity contribution in [3.05, 3.63) is 42.0 Å². The lowest BCUT2D eigenvalue weighted by Crippen LogP contribution is -2.38. The Hall–Kier alpha value is -3.34. The number of carbonyl (C=O) groups is 2. The van der Waals surface area contributed by atoms with E-state index in [2.05, 4.69) is 20.0 Å². The number of hydrogen-bond donors (Lipinski definition) is 2. The third-order valence-corrected chi connectivity index (χ3v) is 4.85. The van der Waals surface area contributed by atoms with Crippen LogP contribution in [0, 0.1) is 11.6 Å². The molecule has 0 radical (unpaired) electrons. The summed E-state index contributed by atoms with van der Waals surface area (Å²) in [5.41, 5.74) is 0.389. The van der Waals surface area contributed by atoms with Gasteiger partial charge in [-0.2, -0.15) is 0 Å². The molecule has 3 aliphatic heterocycles. The zero-order chi connectivity index (χ0) is 21.7. The van der Waals surface area contributed by atoms with Gasteiger partial charge < -0.3 is 24.4 Å². The van der Waals surface area contributed by atoms with E-state index in [4.69, 9.17) is 14.6 Å². The van der Waals surface area contributed by atoms with Gasteiger partial charge in [0, 0.05) is 49.9 Å². The zero-order valence-electron chi connectivity index (χ0n) is 15.9. The summed E-state index contributed by atoms with van der Waals surface area (Å²) in [5, 5.41) is 23.7. The van der Waals surface area contributed by atoms with E-state index < -0.39 is 23.6 Å². The Labute approximate surface area is 170 Å². The molecule has 3 aliphatic rings. The predicted molar refractivity (Wildman–Crippen MR) is 101 cm³/mol. The number of fused-ring (bicyclic) bond motifs is 4. The fraction of sp³-hybridized carbons (Fsp3) is 0.368. The van der Waals surface area contributed by atoms with E-state index in [0.717, 1.165) is 51.2 Å². The van der Waals surface area contributed by atoms with Gasteiger partial charge in [0.25, 0.3) is 0 Å². The van der Waals surface area contributed by atoms with E-state index in [0.29, 0.717) is 29.8 Å². The highest BCUT2D eigenvalue weighted by atomic mass is 19.2.